The van der Waals surface area contributed by atoms with Gasteiger partial charge in [0.1, 0.15) is 5.69 Å². The molecule has 3 rings (SSSR count). The number of nitrogens with one attached hydrogen (secondary N) is 1. The summed E-state index contributed by atoms with van der Waals surface area (Å²) < 4.78 is 1.31. The van der Waals surface area contributed by atoms with Gasteiger partial charge in [0.25, 0.3) is 11.5 Å². The topological polar surface area (TPSA) is 64.0 Å². The van der Waals surface area contributed by atoms with Gasteiger partial charge < -0.3 is 5.32 Å². The number of rotatable bonds is 5. The number of para-hydroxylation sites is 1. The number of nitrogens with zero attached hydrogens (tertiary/aromatic N) is 2. The Hall–Kier alpha value is -3.21. The molecule has 5 heteroatoms. The van der Waals surface area contributed by atoms with Crippen LogP contribution in [0.5, 0.6) is 0 Å². The fraction of sp³-hybridized carbons (Fsp3) is 0.190. The van der Waals surface area contributed by atoms with Crippen molar-refractivity contribution < 1.29 is 4.79 Å². The molecule has 0 atom stereocenters. The monoisotopic (exact) mass is 347 g/mol. The van der Waals surface area contributed by atoms with Crippen molar-refractivity contribution in [2.45, 2.75) is 26.8 Å². The molecular formula is C21H21N3O2. The highest BCUT2D eigenvalue weighted by Crippen LogP contribution is 2.16. The first-order valence-electron chi connectivity index (χ1n) is 8.60. The molecule has 1 aromatic heterocycles. The number of aryl methyl sites for hydroxylation is 2. The van der Waals surface area contributed by atoms with Crippen LogP contribution in [0.4, 0.5) is 5.69 Å². The molecule has 0 aliphatic rings. The summed E-state index contributed by atoms with van der Waals surface area (Å²) in [4.78, 5) is 24.6. The van der Waals surface area contributed by atoms with Crippen molar-refractivity contribution in [3.8, 4) is 0 Å². The molecule has 5 nitrogen and oxygen atoms in total. The highest BCUT2D eigenvalue weighted by atomic mass is 16.2. The van der Waals surface area contributed by atoms with Gasteiger partial charge in [-0.05, 0) is 36.6 Å². The van der Waals surface area contributed by atoms with Crippen LogP contribution in [-0.2, 0) is 13.0 Å². The van der Waals surface area contributed by atoms with Gasteiger partial charge in [-0.25, -0.2) is 4.68 Å². The van der Waals surface area contributed by atoms with E-state index >= 15 is 0 Å². The van der Waals surface area contributed by atoms with Crippen molar-refractivity contribution in [1.29, 1.82) is 0 Å². The summed E-state index contributed by atoms with van der Waals surface area (Å²) in [7, 11) is 0. The molecule has 0 unspecified atom stereocenters. The van der Waals surface area contributed by atoms with E-state index in [0.29, 0.717) is 6.54 Å². The standard InChI is InChI=1S/C21H21N3O2/c1-3-17-6-4-5-7-18(17)22-21(26)19-12-13-20(25)24(23-19)14-16-10-8-15(2)9-11-16/h4-13H,3,14H2,1-2H3,(H,22,26). The molecule has 0 saturated heterocycles. The third-order valence-electron chi connectivity index (χ3n) is 4.20. The maximum atomic E-state index is 12.6. The Bertz CT molecular complexity index is 975. The molecule has 132 valence electrons. The second-order valence-corrected chi connectivity index (χ2v) is 6.16. The zero-order valence-corrected chi connectivity index (χ0v) is 14.9. The Morgan fingerprint density at radius 1 is 1.04 bits per heavy atom. The Kier molecular flexibility index (Phi) is 5.27. The Morgan fingerprint density at radius 3 is 2.50 bits per heavy atom. The molecular weight excluding hydrogens is 326 g/mol. The number of aromatic nitrogens is 2. The molecule has 3 aromatic rings. The van der Waals surface area contributed by atoms with Crippen LogP contribution >= 0.6 is 0 Å². The minimum atomic E-state index is -0.330. The number of carbonyl (C=O) groups is 1. The molecule has 1 heterocycles. The van der Waals surface area contributed by atoms with Crippen molar-refractivity contribution in [2.24, 2.45) is 0 Å². The van der Waals surface area contributed by atoms with Crippen LogP contribution in [0.2, 0.25) is 0 Å². The van der Waals surface area contributed by atoms with Crippen molar-refractivity contribution in [1.82, 2.24) is 9.78 Å². The predicted molar refractivity (Wildman–Crippen MR) is 103 cm³/mol. The minimum Gasteiger partial charge on any atom is -0.320 e. The van der Waals surface area contributed by atoms with E-state index < -0.39 is 0 Å². The second kappa shape index (κ2) is 7.78. The molecule has 0 spiro atoms. The number of benzene rings is 2. The zero-order valence-electron chi connectivity index (χ0n) is 14.9. The Balaban J connectivity index is 1.83. The summed E-state index contributed by atoms with van der Waals surface area (Å²) in [6, 6.07) is 18.4. The first-order chi connectivity index (χ1) is 12.6. The molecule has 0 fully saturated rings. The van der Waals surface area contributed by atoms with Crippen LogP contribution < -0.4 is 10.9 Å². The van der Waals surface area contributed by atoms with Gasteiger partial charge in [0, 0.05) is 11.8 Å². The maximum Gasteiger partial charge on any atom is 0.276 e. The van der Waals surface area contributed by atoms with E-state index in [1.165, 1.54) is 16.8 Å². The number of hydrogen-bond donors (Lipinski definition) is 1. The fourth-order valence-corrected chi connectivity index (χ4v) is 2.69. The van der Waals surface area contributed by atoms with E-state index in [1.54, 1.807) is 0 Å². The van der Waals surface area contributed by atoms with Crippen LogP contribution in [0, 0.1) is 6.92 Å². The van der Waals surface area contributed by atoms with E-state index in [9.17, 15) is 9.59 Å². The Labute approximate surface area is 152 Å². The third kappa shape index (κ3) is 4.06. The summed E-state index contributed by atoms with van der Waals surface area (Å²) >= 11 is 0. The van der Waals surface area contributed by atoms with Crippen molar-refractivity contribution >= 4 is 11.6 Å². The normalized spacial score (nSPS) is 10.5. The lowest BCUT2D eigenvalue weighted by Crippen LogP contribution is -2.26. The van der Waals surface area contributed by atoms with E-state index in [2.05, 4.69) is 10.4 Å². The molecule has 2 aromatic carbocycles. The summed E-state index contributed by atoms with van der Waals surface area (Å²) in [5, 5.41) is 7.11. The molecule has 26 heavy (non-hydrogen) atoms. The zero-order chi connectivity index (χ0) is 18.5. The molecule has 0 aliphatic carbocycles. The highest BCUT2D eigenvalue weighted by molar-refractivity contribution is 6.03. The van der Waals surface area contributed by atoms with Gasteiger partial charge in [-0.2, -0.15) is 5.10 Å². The van der Waals surface area contributed by atoms with Crippen LogP contribution in [0.1, 0.15) is 34.1 Å². The van der Waals surface area contributed by atoms with Gasteiger partial charge in [-0.1, -0.05) is 55.0 Å². The molecule has 1 amide bonds. The maximum absolute atomic E-state index is 12.6. The largest absolute Gasteiger partial charge is 0.320 e. The van der Waals surface area contributed by atoms with Gasteiger partial charge in [-0.15, -0.1) is 0 Å². The van der Waals surface area contributed by atoms with Gasteiger partial charge in [-0.3, -0.25) is 9.59 Å². The summed E-state index contributed by atoms with van der Waals surface area (Å²) in [5.41, 5.74) is 3.89. The van der Waals surface area contributed by atoms with Crippen LogP contribution in [0.15, 0.2) is 65.5 Å². The molecule has 0 aliphatic heterocycles. The lowest BCUT2D eigenvalue weighted by atomic mass is 10.1. The van der Waals surface area contributed by atoms with Crippen molar-refractivity contribution in [2.75, 3.05) is 5.32 Å². The highest BCUT2D eigenvalue weighted by Gasteiger charge is 2.12. The Morgan fingerprint density at radius 2 is 1.77 bits per heavy atom. The molecule has 0 saturated carbocycles. The molecule has 0 bridgehead atoms. The van der Waals surface area contributed by atoms with Crippen molar-refractivity contribution in [3.05, 3.63) is 93.4 Å². The molecule has 0 radical (unpaired) electrons. The van der Waals surface area contributed by atoms with Gasteiger partial charge >= 0.3 is 0 Å². The number of amides is 1. The van der Waals surface area contributed by atoms with Gasteiger partial charge in [0.05, 0.1) is 6.54 Å². The summed E-state index contributed by atoms with van der Waals surface area (Å²) in [6.45, 7) is 4.37. The van der Waals surface area contributed by atoms with Crippen LogP contribution in [-0.4, -0.2) is 15.7 Å². The third-order valence-corrected chi connectivity index (χ3v) is 4.20. The van der Waals surface area contributed by atoms with Crippen LogP contribution in [0.3, 0.4) is 0 Å². The van der Waals surface area contributed by atoms with Gasteiger partial charge in [0.2, 0.25) is 0 Å². The second-order valence-electron chi connectivity index (χ2n) is 6.16. The number of carbonyl (C=O) groups excluding carboxylic acids is 1. The van der Waals surface area contributed by atoms with Crippen LogP contribution in [0.25, 0.3) is 0 Å². The average Bonchev–Trinajstić information content (AvgIpc) is 2.65. The summed E-state index contributed by atoms with van der Waals surface area (Å²) in [6.07, 6.45) is 0.816. The van der Waals surface area contributed by atoms with Gasteiger partial charge in [0.15, 0.2) is 0 Å². The molecule has 1 N–H and O–H groups in total. The number of anilines is 1. The summed E-state index contributed by atoms with van der Waals surface area (Å²) in [5.74, 6) is -0.330. The van der Waals surface area contributed by atoms with E-state index in [0.717, 1.165) is 28.8 Å². The van der Waals surface area contributed by atoms with Crippen molar-refractivity contribution in [3.63, 3.8) is 0 Å². The minimum absolute atomic E-state index is 0.211. The predicted octanol–water partition coefficient (Wildman–Crippen LogP) is 3.41. The first kappa shape index (κ1) is 17.6. The average molecular weight is 347 g/mol. The first-order valence-corrected chi connectivity index (χ1v) is 8.60. The smallest absolute Gasteiger partial charge is 0.276 e. The van der Waals surface area contributed by atoms with E-state index in [4.69, 9.17) is 0 Å². The lowest BCUT2D eigenvalue weighted by Gasteiger charge is -2.10. The van der Waals surface area contributed by atoms with E-state index in [-0.39, 0.29) is 17.2 Å². The fourth-order valence-electron chi connectivity index (χ4n) is 2.69. The van der Waals surface area contributed by atoms with E-state index in [1.807, 2.05) is 62.4 Å². The lowest BCUT2D eigenvalue weighted by molar-refractivity contribution is 0.102. The SMILES string of the molecule is CCc1ccccc1NC(=O)c1ccc(=O)n(Cc2ccc(C)cc2)n1. The quantitative estimate of drug-likeness (QED) is 0.769. The number of hydrogen-bond acceptors (Lipinski definition) is 3.